The molecule has 1 aromatic heterocycles. The van der Waals surface area contributed by atoms with Crippen LogP contribution >= 0.6 is 11.3 Å². The minimum Gasteiger partial charge on any atom is -0.330 e. The Hall–Kier alpha value is -0.700. The lowest BCUT2D eigenvalue weighted by Gasteiger charge is -2.30. The fourth-order valence-electron chi connectivity index (χ4n) is 2.28. The summed E-state index contributed by atoms with van der Waals surface area (Å²) in [7, 11) is -3.54. The van der Waals surface area contributed by atoms with Crippen LogP contribution in [0.4, 0.5) is 5.13 Å². The van der Waals surface area contributed by atoms with Gasteiger partial charge in [0.15, 0.2) is 5.13 Å². The normalized spacial score (nSPS) is 21.4. The molecule has 1 fully saturated rings. The van der Waals surface area contributed by atoms with Gasteiger partial charge in [-0.05, 0) is 25.3 Å². The number of nitrogens with two attached hydrogens (primary N) is 1. The van der Waals surface area contributed by atoms with Crippen LogP contribution in [0.2, 0.25) is 0 Å². The van der Waals surface area contributed by atoms with Crippen molar-refractivity contribution in [3.8, 4) is 0 Å². The largest absolute Gasteiger partial charge is 0.330 e. The van der Waals surface area contributed by atoms with Crippen LogP contribution in [-0.4, -0.2) is 37.3 Å². The molecule has 2 rings (SSSR count). The molecule has 3 N–H and O–H groups in total. The molecular formula is C13H24N4O2S2. The maximum absolute atomic E-state index is 12.4. The Bertz CT molecular complexity index is 577. The molecular weight excluding hydrogens is 308 g/mol. The predicted octanol–water partition coefficient (Wildman–Crippen LogP) is 1.77. The number of aromatic nitrogens is 1. The number of piperidine rings is 1. The summed E-state index contributed by atoms with van der Waals surface area (Å²) in [4.78, 5) is 4.38. The first kappa shape index (κ1) is 16.7. The number of rotatable bonds is 4. The average molecular weight is 332 g/mol. The van der Waals surface area contributed by atoms with Crippen LogP contribution in [0.25, 0.3) is 0 Å². The third-order valence-electron chi connectivity index (χ3n) is 3.64. The first-order valence-corrected chi connectivity index (χ1v) is 9.48. The maximum atomic E-state index is 12.4. The molecule has 0 amide bonds. The lowest BCUT2D eigenvalue weighted by molar-refractivity contribution is 0.273. The molecule has 0 radical (unpaired) electrons. The van der Waals surface area contributed by atoms with Crippen LogP contribution in [0.3, 0.4) is 0 Å². The van der Waals surface area contributed by atoms with Crippen LogP contribution < -0.4 is 10.5 Å². The van der Waals surface area contributed by atoms with E-state index in [0.717, 1.165) is 18.5 Å². The molecule has 120 valence electrons. The summed E-state index contributed by atoms with van der Waals surface area (Å²) in [6, 6.07) is 0. The number of thiazole rings is 1. The van der Waals surface area contributed by atoms with Crippen molar-refractivity contribution >= 4 is 26.7 Å². The van der Waals surface area contributed by atoms with E-state index >= 15 is 0 Å². The lowest BCUT2D eigenvalue weighted by atomic mass is 9.93. The molecule has 0 bridgehead atoms. The minimum absolute atomic E-state index is 0.0873. The highest BCUT2D eigenvalue weighted by Crippen LogP contribution is 2.27. The highest BCUT2D eigenvalue weighted by atomic mass is 32.2. The zero-order valence-corrected chi connectivity index (χ0v) is 14.4. The van der Waals surface area contributed by atoms with Crippen LogP contribution in [0, 0.1) is 5.92 Å². The Balaban J connectivity index is 2.08. The lowest BCUT2D eigenvalue weighted by Crippen LogP contribution is -2.44. The third kappa shape index (κ3) is 4.15. The summed E-state index contributed by atoms with van der Waals surface area (Å²) in [6.45, 7) is 7.72. The molecule has 1 aliphatic rings. The van der Waals surface area contributed by atoms with E-state index < -0.39 is 10.2 Å². The Morgan fingerprint density at radius 3 is 2.81 bits per heavy atom. The van der Waals surface area contributed by atoms with Gasteiger partial charge in [0.1, 0.15) is 0 Å². The van der Waals surface area contributed by atoms with Crippen molar-refractivity contribution in [2.24, 2.45) is 11.7 Å². The quantitative estimate of drug-likeness (QED) is 0.879. The summed E-state index contributed by atoms with van der Waals surface area (Å²) in [5.41, 5.74) is 6.47. The molecule has 1 unspecified atom stereocenters. The van der Waals surface area contributed by atoms with Gasteiger partial charge in [-0.2, -0.15) is 12.7 Å². The van der Waals surface area contributed by atoms with Gasteiger partial charge in [0, 0.05) is 23.9 Å². The molecule has 0 spiro atoms. The van der Waals surface area contributed by atoms with Gasteiger partial charge in [-0.25, -0.2) is 9.71 Å². The molecule has 1 aromatic rings. The number of nitrogens with one attached hydrogen (secondary N) is 1. The fourth-order valence-corrected chi connectivity index (χ4v) is 4.74. The van der Waals surface area contributed by atoms with E-state index in [4.69, 9.17) is 5.73 Å². The zero-order valence-electron chi connectivity index (χ0n) is 12.8. The van der Waals surface area contributed by atoms with Gasteiger partial charge < -0.3 is 5.73 Å². The molecule has 1 atom stereocenters. The van der Waals surface area contributed by atoms with E-state index in [9.17, 15) is 8.42 Å². The Morgan fingerprint density at radius 2 is 2.24 bits per heavy atom. The second-order valence-corrected chi connectivity index (χ2v) is 9.03. The molecule has 21 heavy (non-hydrogen) atoms. The second kappa shape index (κ2) is 6.20. The number of hydrogen-bond acceptors (Lipinski definition) is 5. The summed E-state index contributed by atoms with van der Waals surface area (Å²) in [6.07, 6.45) is 1.85. The summed E-state index contributed by atoms with van der Waals surface area (Å²) >= 11 is 1.32. The Kier molecular flexibility index (Phi) is 4.92. The monoisotopic (exact) mass is 332 g/mol. The van der Waals surface area contributed by atoms with Crippen LogP contribution in [0.1, 0.15) is 39.3 Å². The second-order valence-electron chi connectivity index (χ2n) is 6.50. The van der Waals surface area contributed by atoms with Crippen molar-refractivity contribution in [3.63, 3.8) is 0 Å². The highest BCUT2D eigenvalue weighted by molar-refractivity contribution is 7.90. The molecule has 8 heteroatoms. The van der Waals surface area contributed by atoms with E-state index in [1.807, 2.05) is 5.38 Å². The van der Waals surface area contributed by atoms with Gasteiger partial charge in [0.2, 0.25) is 0 Å². The molecule has 0 saturated carbocycles. The third-order valence-corrected chi connectivity index (χ3v) is 5.99. The molecule has 0 aromatic carbocycles. The molecule has 0 aliphatic carbocycles. The maximum Gasteiger partial charge on any atom is 0.303 e. The molecule has 1 aliphatic heterocycles. The standard InChI is InChI=1S/C13H24N4O2S2/c1-13(2,3)11-9-20-12(15-11)16-21(18,19)17-6-4-5-10(7-14)8-17/h9-10H,4-8,14H2,1-3H3,(H,15,16). The summed E-state index contributed by atoms with van der Waals surface area (Å²) in [5.74, 6) is 0.247. The van der Waals surface area contributed by atoms with E-state index in [0.29, 0.717) is 24.8 Å². The van der Waals surface area contributed by atoms with Crippen molar-refractivity contribution in [2.45, 2.75) is 39.0 Å². The van der Waals surface area contributed by atoms with Crippen LogP contribution in [0.15, 0.2) is 5.38 Å². The first-order chi connectivity index (χ1) is 9.72. The molecule has 1 saturated heterocycles. The highest BCUT2D eigenvalue weighted by Gasteiger charge is 2.29. The van der Waals surface area contributed by atoms with Crippen molar-refractivity contribution in [3.05, 3.63) is 11.1 Å². The van der Waals surface area contributed by atoms with Crippen molar-refractivity contribution in [2.75, 3.05) is 24.4 Å². The van der Waals surface area contributed by atoms with Crippen molar-refractivity contribution in [1.29, 1.82) is 0 Å². The first-order valence-electron chi connectivity index (χ1n) is 7.16. The molecule has 6 nitrogen and oxygen atoms in total. The topological polar surface area (TPSA) is 88.3 Å². The van der Waals surface area contributed by atoms with Gasteiger partial charge in [0.05, 0.1) is 5.69 Å². The Morgan fingerprint density at radius 1 is 1.52 bits per heavy atom. The number of anilines is 1. The van der Waals surface area contributed by atoms with E-state index in [1.165, 1.54) is 15.6 Å². The SMILES string of the molecule is CC(C)(C)c1csc(NS(=O)(=O)N2CCCC(CN)C2)n1. The van der Waals surface area contributed by atoms with Gasteiger partial charge in [-0.3, -0.25) is 0 Å². The fraction of sp³-hybridized carbons (Fsp3) is 0.769. The number of nitrogens with zero attached hydrogens (tertiary/aromatic N) is 2. The van der Waals surface area contributed by atoms with Gasteiger partial charge in [-0.1, -0.05) is 20.8 Å². The van der Waals surface area contributed by atoms with Crippen molar-refractivity contribution in [1.82, 2.24) is 9.29 Å². The van der Waals surface area contributed by atoms with Gasteiger partial charge >= 0.3 is 10.2 Å². The average Bonchev–Trinajstić information content (AvgIpc) is 2.86. The van der Waals surface area contributed by atoms with Gasteiger partial charge in [0.25, 0.3) is 0 Å². The summed E-state index contributed by atoms with van der Waals surface area (Å²) < 4.78 is 28.9. The number of hydrogen-bond donors (Lipinski definition) is 2. The minimum atomic E-state index is -3.54. The summed E-state index contributed by atoms with van der Waals surface area (Å²) in [5, 5.41) is 2.33. The van der Waals surface area contributed by atoms with Gasteiger partial charge in [-0.15, -0.1) is 11.3 Å². The predicted molar refractivity (Wildman–Crippen MR) is 86.7 cm³/mol. The smallest absolute Gasteiger partial charge is 0.303 e. The zero-order chi connectivity index (χ0) is 15.7. The van der Waals surface area contributed by atoms with E-state index in [1.54, 1.807) is 0 Å². The van der Waals surface area contributed by atoms with Crippen LogP contribution in [0.5, 0.6) is 0 Å². The van der Waals surface area contributed by atoms with E-state index in [-0.39, 0.29) is 11.3 Å². The van der Waals surface area contributed by atoms with E-state index in [2.05, 4.69) is 30.5 Å². The molecule has 2 heterocycles. The Labute approximate surface area is 130 Å². The van der Waals surface area contributed by atoms with Crippen molar-refractivity contribution < 1.29 is 8.42 Å². The van der Waals surface area contributed by atoms with Crippen LogP contribution in [-0.2, 0) is 15.6 Å².